The van der Waals surface area contributed by atoms with Gasteiger partial charge < -0.3 is 19.3 Å². The van der Waals surface area contributed by atoms with Gasteiger partial charge in [0, 0.05) is 48.6 Å². The van der Waals surface area contributed by atoms with Crippen LogP contribution in [-0.4, -0.2) is 55.0 Å². The number of esters is 1. The average molecular weight is 433 g/mol. The summed E-state index contributed by atoms with van der Waals surface area (Å²) in [6, 6.07) is 6.11. The highest BCUT2D eigenvalue weighted by Crippen LogP contribution is 2.50. The Bertz CT molecular complexity index is 811. The molecule has 0 radical (unpaired) electrons. The Hall–Kier alpha value is -1.89. The van der Waals surface area contributed by atoms with Crippen molar-refractivity contribution in [1.82, 2.24) is 4.90 Å². The molecule has 1 aromatic carbocycles. The molecule has 3 aliphatic rings. The van der Waals surface area contributed by atoms with E-state index in [1.807, 2.05) is 13.0 Å². The maximum absolute atomic E-state index is 12.6. The summed E-state index contributed by atoms with van der Waals surface area (Å²) >= 11 is 4.46. The number of anilines is 1. The van der Waals surface area contributed by atoms with Crippen LogP contribution in [0.5, 0.6) is 5.75 Å². The summed E-state index contributed by atoms with van der Waals surface area (Å²) < 4.78 is 11.1. The maximum Gasteiger partial charge on any atom is 0.409 e. The number of likely N-dealkylation sites (tertiary alicyclic amines) is 1. The molecule has 0 bridgehead atoms. The Balaban J connectivity index is 1.30. The fraction of sp³-hybridized carbons (Fsp3) is 0.652. The second-order valence-corrected chi connectivity index (χ2v) is 9.76. The summed E-state index contributed by atoms with van der Waals surface area (Å²) in [6.45, 7) is 9.84. The number of fused-ring (bicyclic) bond motifs is 1. The van der Waals surface area contributed by atoms with Crippen LogP contribution in [-0.2, 0) is 9.53 Å². The van der Waals surface area contributed by atoms with E-state index in [1.54, 1.807) is 4.90 Å². The summed E-state index contributed by atoms with van der Waals surface area (Å²) in [7, 11) is 0. The average Bonchev–Trinajstić information content (AvgIpc) is 2.66. The van der Waals surface area contributed by atoms with Crippen molar-refractivity contribution in [1.29, 1.82) is 0 Å². The molecule has 0 N–H and O–H groups in total. The molecule has 2 fully saturated rings. The topological polar surface area (TPSA) is 59.1 Å². The van der Waals surface area contributed by atoms with E-state index in [9.17, 15) is 9.59 Å². The van der Waals surface area contributed by atoms with Gasteiger partial charge in [-0.25, -0.2) is 4.79 Å². The van der Waals surface area contributed by atoms with Crippen molar-refractivity contribution in [3.05, 3.63) is 23.8 Å². The third-order valence-electron chi connectivity index (χ3n) is 7.04. The van der Waals surface area contributed by atoms with Crippen LogP contribution in [0.3, 0.4) is 0 Å². The molecule has 1 saturated carbocycles. The van der Waals surface area contributed by atoms with E-state index in [4.69, 9.17) is 9.47 Å². The van der Waals surface area contributed by atoms with Crippen LogP contribution in [0.25, 0.3) is 0 Å². The van der Waals surface area contributed by atoms with Gasteiger partial charge in [0.2, 0.25) is 0 Å². The Kier molecular flexibility index (Phi) is 5.93. The highest BCUT2D eigenvalue weighted by molar-refractivity contribution is 7.81. The zero-order valence-corrected chi connectivity index (χ0v) is 19.0. The predicted molar refractivity (Wildman–Crippen MR) is 120 cm³/mol. The Morgan fingerprint density at radius 3 is 2.63 bits per heavy atom. The Morgan fingerprint density at radius 2 is 2.00 bits per heavy atom. The number of rotatable bonds is 6. The quantitative estimate of drug-likeness (QED) is 0.417. The fourth-order valence-electron chi connectivity index (χ4n) is 5.20. The Labute approximate surface area is 184 Å². The molecular weight excluding hydrogens is 400 g/mol. The molecule has 1 saturated heterocycles. The van der Waals surface area contributed by atoms with Gasteiger partial charge in [-0.2, -0.15) is 12.6 Å². The summed E-state index contributed by atoms with van der Waals surface area (Å²) in [5.41, 5.74) is 2.40. The molecule has 2 atom stereocenters. The lowest BCUT2D eigenvalue weighted by atomic mass is 9.63. The summed E-state index contributed by atoms with van der Waals surface area (Å²) in [6.07, 6.45) is 2.37. The number of ether oxygens (including phenoxy) is 2. The predicted octanol–water partition coefficient (Wildman–Crippen LogP) is 4.09. The number of carbonyl (C=O) groups excluding carboxylic acids is 2. The first-order valence-electron chi connectivity index (χ1n) is 11.1. The smallest absolute Gasteiger partial charge is 0.409 e. The number of benzene rings is 1. The summed E-state index contributed by atoms with van der Waals surface area (Å²) in [5.74, 6) is 0.142. The molecule has 1 amide bonds. The summed E-state index contributed by atoms with van der Waals surface area (Å²) in [4.78, 5) is 28.9. The normalized spacial score (nSPS) is 24.5. The van der Waals surface area contributed by atoms with Crippen molar-refractivity contribution < 1.29 is 19.1 Å². The standard InChI is InChI=1S/C23H32N2O4S/c1-4-24(5-2)16-6-7-18-15(3)19(21(26)29-20(18)10-16)8-9-28-22(27)25-13-23(14-25)11-17(30)12-23/h6-7,10,15,17,19,30H,4-5,8-9,11-14H2,1-3H3. The number of amides is 1. The Morgan fingerprint density at radius 1 is 1.30 bits per heavy atom. The van der Waals surface area contributed by atoms with Crippen LogP contribution in [0, 0.1) is 11.3 Å². The van der Waals surface area contributed by atoms with Gasteiger partial charge in [0.25, 0.3) is 0 Å². The number of hydrogen-bond donors (Lipinski definition) is 1. The van der Waals surface area contributed by atoms with E-state index in [1.165, 1.54) is 0 Å². The van der Waals surface area contributed by atoms with Crippen molar-refractivity contribution in [2.45, 2.75) is 51.2 Å². The minimum atomic E-state index is -0.302. The van der Waals surface area contributed by atoms with E-state index in [0.717, 1.165) is 50.3 Å². The minimum absolute atomic E-state index is 0.0280. The maximum atomic E-state index is 12.6. The van der Waals surface area contributed by atoms with Gasteiger partial charge in [0.15, 0.2) is 0 Å². The van der Waals surface area contributed by atoms with E-state index in [0.29, 0.717) is 22.8 Å². The first-order valence-corrected chi connectivity index (χ1v) is 11.6. The third kappa shape index (κ3) is 3.88. The molecule has 4 rings (SSSR count). The molecule has 30 heavy (non-hydrogen) atoms. The molecule has 164 valence electrons. The lowest BCUT2D eigenvalue weighted by Crippen LogP contribution is -2.64. The second-order valence-electron chi connectivity index (χ2n) is 9.03. The molecule has 0 aromatic heterocycles. The zero-order chi connectivity index (χ0) is 21.5. The van der Waals surface area contributed by atoms with Crippen LogP contribution in [0.1, 0.15) is 51.5 Å². The molecule has 1 aliphatic carbocycles. The van der Waals surface area contributed by atoms with Crippen molar-refractivity contribution in [2.24, 2.45) is 11.3 Å². The van der Waals surface area contributed by atoms with Gasteiger partial charge in [-0.15, -0.1) is 0 Å². The van der Waals surface area contributed by atoms with E-state index in [2.05, 4.69) is 43.5 Å². The number of thiol groups is 1. The van der Waals surface area contributed by atoms with Gasteiger partial charge in [-0.05, 0) is 50.7 Å². The van der Waals surface area contributed by atoms with Gasteiger partial charge in [-0.1, -0.05) is 13.0 Å². The monoisotopic (exact) mass is 432 g/mol. The second kappa shape index (κ2) is 8.33. The number of hydrogen-bond acceptors (Lipinski definition) is 6. The van der Waals surface area contributed by atoms with Crippen molar-refractivity contribution in [3.63, 3.8) is 0 Å². The highest BCUT2D eigenvalue weighted by Gasteiger charge is 2.53. The number of carbonyl (C=O) groups is 2. The molecule has 2 heterocycles. The third-order valence-corrected chi connectivity index (χ3v) is 7.40. The van der Waals surface area contributed by atoms with Gasteiger partial charge >= 0.3 is 12.1 Å². The van der Waals surface area contributed by atoms with Gasteiger partial charge in [-0.3, -0.25) is 4.79 Å². The van der Waals surface area contributed by atoms with Gasteiger partial charge in [0.05, 0.1) is 12.5 Å². The molecule has 2 aliphatic heterocycles. The van der Waals surface area contributed by atoms with Gasteiger partial charge in [0.1, 0.15) is 5.75 Å². The van der Waals surface area contributed by atoms with Crippen LogP contribution >= 0.6 is 12.6 Å². The fourth-order valence-corrected chi connectivity index (χ4v) is 5.98. The van der Waals surface area contributed by atoms with Crippen LogP contribution < -0.4 is 9.64 Å². The van der Waals surface area contributed by atoms with Crippen molar-refractivity contribution in [2.75, 3.05) is 37.7 Å². The molecular formula is C23H32N2O4S. The molecule has 2 unspecified atom stereocenters. The molecule has 1 spiro atoms. The minimum Gasteiger partial charge on any atom is -0.449 e. The number of nitrogens with zero attached hydrogens (tertiary/aromatic N) is 2. The van der Waals surface area contributed by atoms with Crippen LogP contribution in [0.15, 0.2) is 18.2 Å². The van der Waals surface area contributed by atoms with E-state index >= 15 is 0 Å². The lowest BCUT2D eigenvalue weighted by molar-refractivity contribution is -0.141. The largest absolute Gasteiger partial charge is 0.449 e. The summed E-state index contributed by atoms with van der Waals surface area (Å²) in [5, 5.41) is 0.480. The first-order chi connectivity index (χ1) is 14.4. The SMILES string of the molecule is CCN(CC)c1ccc2c(c1)OC(=O)C(CCOC(=O)N1CC3(CC(S)C3)C1)C2C. The van der Waals surface area contributed by atoms with Crippen LogP contribution in [0.2, 0.25) is 0 Å². The van der Waals surface area contributed by atoms with E-state index < -0.39 is 0 Å². The van der Waals surface area contributed by atoms with Crippen molar-refractivity contribution >= 4 is 30.4 Å². The van der Waals surface area contributed by atoms with E-state index in [-0.39, 0.29) is 30.5 Å². The molecule has 1 aromatic rings. The van der Waals surface area contributed by atoms with Crippen LogP contribution in [0.4, 0.5) is 10.5 Å². The zero-order valence-electron chi connectivity index (χ0n) is 18.1. The first kappa shape index (κ1) is 21.3. The van der Waals surface area contributed by atoms with Crippen molar-refractivity contribution in [3.8, 4) is 5.75 Å². The highest BCUT2D eigenvalue weighted by atomic mass is 32.1. The molecule has 7 heteroatoms. The molecule has 6 nitrogen and oxygen atoms in total. The lowest BCUT2D eigenvalue weighted by Gasteiger charge is -2.57.